The van der Waals surface area contributed by atoms with Crippen LogP contribution >= 0.6 is 0 Å². The van der Waals surface area contributed by atoms with Crippen LogP contribution in [0, 0.1) is 0 Å². The Morgan fingerprint density at radius 2 is 2.67 bits per heavy atom. The van der Waals surface area contributed by atoms with Crippen molar-refractivity contribution < 1.29 is 0 Å². The molecule has 0 radical (unpaired) electrons. The van der Waals surface area contributed by atoms with Crippen molar-refractivity contribution in [2.45, 2.75) is 5.32 Å². The molecule has 6 heavy (non-hydrogen) atoms. The van der Waals surface area contributed by atoms with Gasteiger partial charge in [0.15, 0.2) is 0 Å². The van der Waals surface area contributed by atoms with Crippen molar-refractivity contribution in [1.29, 1.82) is 0 Å². The summed E-state index contributed by atoms with van der Waals surface area (Å²) in [5.41, 5.74) is 0. The number of hydrogen-bond donors (Lipinski definition) is 0. The van der Waals surface area contributed by atoms with Crippen LogP contribution in [0.4, 0.5) is 0 Å². The molecule has 1 rings (SSSR count). The Bertz CT molecular complexity index is 73.5. The maximum absolute atomic E-state index is 3.90. The Morgan fingerprint density at radius 3 is 2.83 bits per heavy atom. The Balaban J connectivity index is 2.46. The number of hydrogen-bond acceptors (Lipinski definition) is 1. The average molecular weight is 146 g/mol. The molecule has 0 bridgehead atoms. The van der Waals surface area contributed by atoms with Gasteiger partial charge in [-0.25, -0.2) is 0 Å². The van der Waals surface area contributed by atoms with Gasteiger partial charge in [-0.05, 0) is 0 Å². The summed E-state index contributed by atoms with van der Waals surface area (Å²) in [6, 6.07) is 0. The minimum atomic E-state index is 0.675. The van der Waals surface area contributed by atoms with Gasteiger partial charge in [-0.2, -0.15) is 0 Å². The molecule has 1 aliphatic heterocycles. The van der Waals surface area contributed by atoms with E-state index in [1.807, 2.05) is 11.3 Å². The molecule has 0 N–H and O–H groups in total. The van der Waals surface area contributed by atoms with Crippen molar-refractivity contribution in [3.63, 3.8) is 0 Å². The molecular weight excluding hydrogens is 141 g/mol. The normalized spacial score (nSPS) is 18.7. The van der Waals surface area contributed by atoms with Crippen molar-refractivity contribution in [2.75, 3.05) is 0 Å². The van der Waals surface area contributed by atoms with E-state index in [-0.39, 0.29) is 0 Å². The molecule has 0 aromatic carbocycles. The molecule has 0 amide bonds. The van der Waals surface area contributed by atoms with E-state index in [0.29, 0.717) is 15.0 Å². The SMILES string of the molecule is C1=CN=C[Se]C1. The quantitative estimate of drug-likeness (QED) is 0.445. The van der Waals surface area contributed by atoms with Gasteiger partial charge in [0, 0.05) is 0 Å². The average Bonchev–Trinajstić information content (AvgIpc) is 1.72. The molecule has 0 saturated heterocycles. The number of nitrogens with zero attached hydrogens (tertiary/aromatic N) is 1. The zero-order chi connectivity index (χ0) is 4.24. The number of aliphatic imine (C=N–C) groups is 1. The predicted molar refractivity (Wildman–Crippen MR) is 28.2 cm³/mol. The Morgan fingerprint density at radius 1 is 1.67 bits per heavy atom. The first-order valence-electron chi connectivity index (χ1n) is 1.78. The summed E-state index contributed by atoms with van der Waals surface area (Å²) in [6.07, 6.45) is 3.95. The Kier molecular flexibility index (Phi) is 1.48. The van der Waals surface area contributed by atoms with E-state index in [1.165, 1.54) is 5.32 Å². The molecular formula is C4H5NSe. The van der Waals surface area contributed by atoms with Crippen LogP contribution in [-0.4, -0.2) is 20.1 Å². The monoisotopic (exact) mass is 147 g/mol. The number of rotatable bonds is 0. The molecule has 1 aliphatic rings. The van der Waals surface area contributed by atoms with Gasteiger partial charge in [0.1, 0.15) is 0 Å². The van der Waals surface area contributed by atoms with Crippen LogP contribution in [0.15, 0.2) is 17.3 Å². The Hall–Kier alpha value is -0.0705. The van der Waals surface area contributed by atoms with Gasteiger partial charge in [-0.15, -0.1) is 0 Å². The van der Waals surface area contributed by atoms with Crippen molar-refractivity contribution in [2.24, 2.45) is 4.99 Å². The van der Waals surface area contributed by atoms with Crippen LogP contribution in [0.25, 0.3) is 0 Å². The van der Waals surface area contributed by atoms with Crippen LogP contribution in [0.1, 0.15) is 0 Å². The summed E-state index contributed by atoms with van der Waals surface area (Å²) in [7, 11) is 0. The molecule has 0 saturated carbocycles. The van der Waals surface area contributed by atoms with Crippen LogP contribution in [0.2, 0.25) is 5.32 Å². The molecule has 0 spiro atoms. The minimum absolute atomic E-state index is 0.675. The van der Waals surface area contributed by atoms with E-state index in [0.717, 1.165) is 0 Å². The molecule has 0 fully saturated rings. The van der Waals surface area contributed by atoms with E-state index in [9.17, 15) is 0 Å². The topological polar surface area (TPSA) is 12.4 Å². The summed E-state index contributed by atoms with van der Waals surface area (Å²) in [5, 5.41) is 3.23. The first-order chi connectivity index (χ1) is 3.00. The summed E-state index contributed by atoms with van der Waals surface area (Å²) >= 11 is 0.675. The van der Waals surface area contributed by atoms with Gasteiger partial charge in [0.2, 0.25) is 0 Å². The second-order valence-electron chi connectivity index (χ2n) is 0.973. The van der Waals surface area contributed by atoms with Crippen LogP contribution in [0.5, 0.6) is 0 Å². The molecule has 0 aliphatic carbocycles. The molecule has 32 valence electrons. The predicted octanol–water partition coefficient (Wildman–Crippen LogP) is 0.664. The van der Waals surface area contributed by atoms with Crippen LogP contribution in [-0.2, 0) is 0 Å². The Labute approximate surface area is 43.3 Å². The molecule has 2 heteroatoms. The molecule has 0 aromatic rings. The fourth-order valence-electron chi connectivity index (χ4n) is 0.281. The second-order valence-corrected chi connectivity index (χ2v) is 2.81. The summed E-state index contributed by atoms with van der Waals surface area (Å²) in [4.78, 5) is 3.90. The zero-order valence-corrected chi connectivity index (χ0v) is 5.01. The summed E-state index contributed by atoms with van der Waals surface area (Å²) in [5.74, 6) is 0. The molecule has 0 atom stereocenters. The third-order valence-electron chi connectivity index (χ3n) is 0.519. The van der Waals surface area contributed by atoms with Gasteiger partial charge >= 0.3 is 42.7 Å². The van der Waals surface area contributed by atoms with Gasteiger partial charge in [-0.3, -0.25) is 0 Å². The fraction of sp³-hybridized carbons (Fsp3) is 0.250. The van der Waals surface area contributed by atoms with Crippen molar-refractivity contribution in [3.8, 4) is 0 Å². The van der Waals surface area contributed by atoms with Crippen molar-refractivity contribution in [1.82, 2.24) is 0 Å². The first kappa shape index (κ1) is 4.10. The van der Waals surface area contributed by atoms with Gasteiger partial charge in [0.05, 0.1) is 0 Å². The van der Waals surface area contributed by atoms with Gasteiger partial charge < -0.3 is 0 Å². The third-order valence-corrected chi connectivity index (χ3v) is 1.90. The second kappa shape index (κ2) is 2.16. The fourth-order valence-corrected chi connectivity index (χ4v) is 1.20. The van der Waals surface area contributed by atoms with Crippen molar-refractivity contribution in [3.05, 3.63) is 12.3 Å². The first-order valence-corrected chi connectivity index (χ1v) is 3.98. The van der Waals surface area contributed by atoms with E-state index in [4.69, 9.17) is 0 Å². The summed E-state index contributed by atoms with van der Waals surface area (Å²) in [6.45, 7) is 0. The molecule has 0 aromatic heterocycles. The standard InChI is InChI=1S/C4H5NSe/c1-2-5-4-6-3-1/h1-2,4H,3H2. The zero-order valence-electron chi connectivity index (χ0n) is 3.29. The number of allylic oxidation sites excluding steroid dienone is 1. The van der Waals surface area contributed by atoms with Gasteiger partial charge in [0.25, 0.3) is 0 Å². The molecule has 1 heterocycles. The summed E-state index contributed by atoms with van der Waals surface area (Å²) < 4.78 is 0. The van der Waals surface area contributed by atoms with E-state index in [1.54, 1.807) is 0 Å². The van der Waals surface area contributed by atoms with E-state index >= 15 is 0 Å². The van der Waals surface area contributed by atoms with Crippen LogP contribution in [0.3, 0.4) is 0 Å². The van der Waals surface area contributed by atoms with Crippen molar-refractivity contribution >= 4 is 20.1 Å². The molecule has 1 nitrogen and oxygen atoms in total. The van der Waals surface area contributed by atoms with E-state index < -0.39 is 0 Å². The maximum atomic E-state index is 3.90. The third kappa shape index (κ3) is 0.959. The van der Waals surface area contributed by atoms with Crippen LogP contribution < -0.4 is 0 Å². The van der Waals surface area contributed by atoms with Gasteiger partial charge in [-0.1, -0.05) is 0 Å². The molecule has 0 unspecified atom stereocenters. The van der Waals surface area contributed by atoms with E-state index in [2.05, 4.69) is 11.1 Å².